The van der Waals surface area contributed by atoms with E-state index in [1.54, 1.807) is 11.3 Å². The number of aryl methyl sites for hydroxylation is 2. The van der Waals surface area contributed by atoms with Gasteiger partial charge in [0.05, 0.1) is 5.69 Å². The van der Waals surface area contributed by atoms with E-state index in [0.717, 1.165) is 28.5 Å². The number of anilines is 3. The maximum absolute atomic E-state index is 5.73. The molecule has 0 bridgehead atoms. The average molecular weight is 309 g/mol. The Morgan fingerprint density at radius 2 is 1.91 bits per heavy atom. The SMILES string of the molecule is CCc1cccc(C)c1Nc1nc(-c2ccc(N)cc2)cs1. The molecule has 0 aliphatic carbocycles. The minimum Gasteiger partial charge on any atom is -0.399 e. The fourth-order valence-corrected chi connectivity index (χ4v) is 3.15. The number of aromatic nitrogens is 1. The molecule has 1 heterocycles. The standard InChI is InChI=1S/C18H19N3S/c1-3-13-6-4-5-12(2)17(13)21-18-20-16(11-22-18)14-7-9-15(19)10-8-14/h4-11H,3,19H2,1-2H3,(H,20,21). The molecule has 0 amide bonds. The van der Waals surface area contributed by atoms with Gasteiger partial charge in [0.25, 0.3) is 0 Å². The zero-order chi connectivity index (χ0) is 15.5. The molecule has 0 unspecified atom stereocenters. The van der Waals surface area contributed by atoms with E-state index < -0.39 is 0 Å². The first-order valence-corrected chi connectivity index (χ1v) is 8.22. The Balaban J connectivity index is 1.88. The van der Waals surface area contributed by atoms with Crippen LogP contribution in [0.25, 0.3) is 11.3 Å². The Bertz CT molecular complexity index is 775. The van der Waals surface area contributed by atoms with Crippen LogP contribution in [0.15, 0.2) is 47.8 Å². The van der Waals surface area contributed by atoms with Gasteiger partial charge in [0.1, 0.15) is 0 Å². The minimum absolute atomic E-state index is 0.768. The molecule has 0 aliphatic rings. The van der Waals surface area contributed by atoms with Gasteiger partial charge >= 0.3 is 0 Å². The van der Waals surface area contributed by atoms with Gasteiger partial charge in [-0.15, -0.1) is 11.3 Å². The van der Waals surface area contributed by atoms with Gasteiger partial charge in [-0.1, -0.05) is 37.3 Å². The summed E-state index contributed by atoms with van der Waals surface area (Å²) in [6, 6.07) is 14.2. The van der Waals surface area contributed by atoms with Crippen molar-refractivity contribution < 1.29 is 0 Å². The molecule has 112 valence electrons. The van der Waals surface area contributed by atoms with Gasteiger partial charge in [0.2, 0.25) is 0 Å². The van der Waals surface area contributed by atoms with Crippen LogP contribution in [0.1, 0.15) is 18.1 Å². The number of nitrogens with one attached hydrogen (secondary N) is 1. The highest BCUT2D eigenvalue weighted by Gasteiger charge is 2.08. The summed E-state index contributed by atoms with van der Waals surface area (Å²) in [5, 5.41) is 6.46. The molecule has 3 nitrogen and oxygen atoms in total. The van der Waals surface area contributed by atoms with Crippen molar-refractivity contribution >= 4 is 27.8 Å². The van der Waals surface area contributed by atoms with Gasteiger partial charge in [0.15, 0.2) is 5.13 Å². The molecule has 0 spiro atoms. The van der Waals surface area contributed by atoms with Gasteiger partial charge in [-0.25, -0.2) is 4.98 Å². The van der Waals surface area contributed by atoms with Gasteiger partial charge in [-0.2, -0.15) is 0 Å². The van der Waals surface area contributed by atoms with Crippen molar-refractivity contribution in [1.29, 1.82) is 0 Å². The summed E-state index contributed by atoms with van der Waals surface area (Å²) in [6.07, 6.45) is 1.00. The van der Waals surface area contributed by atoms with E-state index in [1.807, 2.05) is 24.3 Å². The molecule has 3 rings (SSSR count). The number of nitrogen functional groups attached to an aromatic ring is 1. The monoisotopic (exact) mass is 309 g/mol. The lowest BCUT2D eigenvalue weighted by molar-refractivity contribution is 1.13. The third kappa shape index (κ3) is 2.97. The third-order valence-electron chi connectivity index (χ3n) is 3.68. The number of para-hydroxylation sites is 1. The highest BCUT2D eigenvalue weighted by molar-refractivity contribution is 7.14. The normalized spacial score (nSPS) is 10.6. The van der Waals surface area contributed by atoms with Crippen LogP contribution in [0.2, 0.25) is 0 Å². The molecule has 2 aromatic carbocycles. The predicted molar refractivity (Wildman–Crippen MR) is 95.8 cm³/mol. The van der Waals surface area contributed by atoms with Crippen molar-refractivity contribution in [1.82, 2.24) is 4.98 Å². The van der Waals surface area contributed by atoms with Crippen LogP contribution < -0.4 is 11.1 Å². The van der Waals surface area contributed by atoms with E-state index in [2.05, 4.69) is 47.7 Å². The Hall–Kier alpha value is -2.33. The van der Waals surface area contributed by atoms with Gasteiger partial charge < -0.3 is 11.1 Å². The van der Waals surface area contributed by atoms with Crippen LogP contribution in [0.5, 0.6) is 0 Å². The lowest BCUT2D eigenvalue weighted by Crippen LogP contribution is -1.97. The molecule has 0 saturated heterocycles. The van der Waals surface area contributed by atoms with E-state index in [4.69, 9.17) is 5.73 Å². The Morgan fingerprint density at radius 3 is 2.64 bits per heavy atom. The lowest BCUT2D eigenvalue weighted by atomic mass is 10.1. The first kappa shape index (κ1) is 14.6. The van der Waals surface area contributed by atoms with Crippen molar-refractivity contribution in [3.8, 4) is 11.3 Å². The quantitative estimate of drug-likeness (QED) is 0.666. The van der Waals surface area contributed by atoms with Gasteiger partial charge in [0, 0.05) is 22.3 Å². The van der Waals surface area contributed by atoms with Crippen LogP contribution in [0.4, 0.5) is 16.5 Å². The van der Waals surface area contributed by atoms with Gasteiger partial charge in [-0.05, 0) is 36.6 Å². The topological polar surface area (TPSA) is 50.9 Å². The van der Waals surface area contributed by atoms with Gasteiger partial charge in [-0.3, -0.25) is 0 Å². The summed E-state index contributed by atoms with van der Waals surface area (Å²) in [4.78, 5) is 4.69. The molecule has 0 radical (unpaired) electrons. The molecule has 3 N–H and O–H groups in total. The highest BCUT2D eigenvalue weighted by atomic mass is 32.1. The van der Waals surface area contributed by atoms with Crippen molar-refractivity contribution in [2.24, 2.45) is 0 Å². The Morgan fingerprint density at radius 1 is 1.14 bits per heavy atom. The molecule has 0 atom stereocenters. The van der Waals surface area contributed by atoms with Crippen LogP contribution in [-0.4, -0.2) is 4.98 Å². The largest absolute Gasteiger partial charge is 0.399 e. The van der Waals surface area contributed by atoms with Crippen LogP contribution >= 0.6 is 11.3 Å². The maximum Gasteiger partial charge on any atom is 0.187 e. The first-order valence-electron chi connectivity index (χ1n) is 7.34. The van der Waals surface area contributed by atoms with Crippen molar-refractivity contribution in [3.63, 3.8) is 0 Å². The second-order valence-electron chi connectivity index (χ2n) is 5.25. The van der Waals surface area contributed by atoms with Crippen molar-refractivity contribution in [3.05, 3.63) is 59.0 Å². The number of benzene rings is 2. The summed E-state index contributed by atoms with van der Waals surface area (Å²) >= 11 is 1.62. The molecular weight excluding hydrogens is 290 g/mol. The molecular formula is C18H19N3S. The summed E-state index contributed by atoms with van der Waals surface area (Å²) in [7, 11) is 0. The third-order valence-corrected chi connectivity index (χ3v) is 4.44. The number of nitrogens with two attached hydrogens (primary N) is 1. The van der Waals surface area contributed by atoms with E-state index in [9.17, 15) is 0 Å². The Kier molecular flexibility index (Phi) is 4.11. The van der Waals surface area contributed by atoms with Crippen LogP contribution in [-0.2, 0) is 6.42 Å². The predicted octanol–water partition coefficient (Wildman–Crippen LogP) is 5.01. The summed E-state index contributed by atoms with van der Waals surface area (Å²) in [6.45, 7) is 4.29. The lowest BCUT2D eigenvalue weighted by Gasteiger charge is -2.11. The molecule has 0 aliphatic heterocycles. The number of thiazole rings is 1. The summed E-state index contributed by atoms with van der Waals surface area (Å²) in [5.41, 5.74) is 12.3. The molecule has 0 saturated carbocycles. The van der Waals surface area contributed by atoms with E-state index >= 15 is 0 Å². The van der Waals surface area contributed by atoms with E-state index in [-0.39, 0.29) is 0 Å². The number of nitrogens with zero attached hydrogens (tertiary/aromatic N) is 1. The molecule has 1 aromatic heterocycles. The fourth-order valence-electron chi connectivity index (χ4n) is 2.43. The first-order chi connectivity index (χ1) is 10.7. The fraction of sp³-hybridized carbons (Fsp3) is 0.167. The Labute approximate surface area is 134 Å². The van der Waals surface area contributed by atoms with Crippen molar-refractivity contribution in [2.45, 2.75) is 20.3 Å². The van der Waals surface area contributed by atoms with E-state index in [0.29, 0.717) is 0 Å². The van der Waals surface area contributed by atoms with Crippen LogP contribution in [0, 0.1) is 6.92 Å². The van der Waals surface area contributed by atoms with Crippen LogP contribution in [0.3, 0.4) is 0 Å². The second-order valence-corrected chi connectivity index (χ2v) is 6.11. The summed E-state index contributed by atoms with van der Waals surface area (Å²) in [5.74, 6) is 0. The minimum atomic E-state index is 0.768. The number of hydrogen-bond acceptors (Lipinski definition) is 4. The maximum atomic E-state index is 5.73. The molecule has 22 heavy (non-hydrogen) atoms. The smallest absolute Gasteiger partial charge is 0.187 e. The zero-order valence-corrected chi connectivity index (χ0v) is 13.6. The average Bonchev–Trinajstić information content (AvgIpc) is 2.98. The van der Waals surface area contributed by atoms with E-state index in [1.165, 1.54) is 16.8 Å². The molecule has 3 aromatic rings. The zero-order valence-electron chi connectivity index (χ0n) is 12.8. The highest BCUT2D eigenvalue weighted by Crippen LogP contribution is 2.30. The number of rotatable bonds is 4. The number of hydrogen-bond donors (Lipinski definition) is 2. The molecule has 4 heteroatoms. The summed E-state index contributed by atoms with van der Waals surface area (Å²) < 4.78 is 0. The molecule has 0 fully saturated rings. The second kappa shape index (κ2) is 6.20. The van der Waals surface area contributed by atoms with Crippen molar-refractivity contribution in [2.75, 3.05) is 11.1 Å².